The van der Waals surface area contributed by atoms with Gasteiger partial charge in [0.1, 0.15) is 5.82 Å². The van der Waals surface area contributed by atoms with Crippen molar-refractivity contribution in [2.75, 3.05) is 12.3 Å². The summed E-state index contributed by atoms with van der Waals surface area (Å²) in [5.74, 6) is 0.854. The normalized spacial score (nSPS) is 10.9. The second-order valence-corrected chi connectivity index (χ2v) is 5.87. The largest absolute Gasteiger partial charge is 0.375 e. The molecule has 1 amide bonds. The first kappa shape index (κ1) is 14.5. The van der Waals surface area contributed by atoms with Gasteiger partial charge in [-0.3, -0.25) is 4.79 Å². The number of fused-ring (bicyclic) bond motifs is 1. The molecule has 0 aliphatic carbocycles. The lowest BCUT2D eigenvalue weighted by Gasteiger charge is -2.02. The zero-order valence-corrected chi connectivity index (χ0v) is 12.8. The zero-order valence-electron chi connectivity index (χ0n) is 12.0. The number of thiazole rings is 1. The van der Waals surface area contributed by atoms with E-state index in [1.165, 1.54) is 11.3 Å². The first-order valence-electron chi connectivity index (χ1n) is 7.11. The number of nitrogens with two attached hydrogens (primary N) is 1. The van der Waals surface area contributed by atoms with Gasteiger partial charge in [-0.1, -0.05) is 12.1 Å². The van der Waals surface area contributed by atoms with Crippen molar-refractivity contribution in [3.8, 4) is 0 Å². The van der Waals surface area contributed by atoms with E-state index in [-0.39, 0.29) is 5.91 Å². The summed E-state index contributed by atoms with van der Waals surface area (Å²) in [4.78, 5) is 23.7. The number of nitrogens with zero attached hydrogens (tertiary/aromatic N) is 2. The van der Waals surface area contributed by atoms with Crippen LogP contribution in [0.15, 0.2) is 29.6 Å². The number of carbonyl (C=O) groups is 1. The number of amides is 1. The highest BCUT2D eigenvalue weighted by atomic mass is 32.1. The first-order chi connectivity index (χ1) is 10.7. The number of para-hydroxylation sites is 2. The molecule has 0 aliphatic heterocycles. The molecule has 2 heterocycles. The standard InChI is InChI=1S/C15H17N5OS/c16-15-18-10(9-22-15)7-8-17-14(21)6-5-13-19-11-3-1-2-4-12(11)20-13/h1-4,9H,5-8H2,(H2,16,18)(H,17,21)(H,19,20). The van der Waals surface area contributed by atoms with Crippen molar-refractivity contribution in [1.82, 2.24) is 20.3 Å². The number of carbonyl (C=O) groups excluding carboxylic acids is 1. The van der Waals surface area contributed by atoms with Crippen molar-refractivity contribution in [3.05, 3.63) is 41.2 Å². The Hall–Kier alpha value is -2.41. The number of hydrogen-bond donors (Lipinski definition) is 3. The Labute approximate surface area is 131 Å². The second kappa shape index (κ2) is 6.57. The minimum atomic E-state index is 0.0173. The Morgan fingerprint density at radius 2 is 2.14 bits per heavy atom. The van der Waals surface area contributed by atoms with Crippen LogP contribution in [-0.2, 0) is 17.6 Å². The third-order valence-electron chi connectivity index (χ3n) is 3.30. The Morgan fingerprint density at radius 3 is 2.91 bits per heavy atom. The highest BCUT2D eigenvalue weighted by Crippen LogP contribution is 2.12. The molecule has 0 saturated heterocycles. The van der Waals surface area contributed by atoms with Crippen LogP contribution in [0.4, 0.5) is 5.13 Å². The van der Waals surface area contributed by atoms with Crippen LogP contribution >= 0.6 is 11.3 Å². The van der Waals surface area contributed by atoms with Gasteiger partial charge < -0.3 is 16.0 Å². The van der Waals surface area contributed by atoms with Crippen LogP contribution < -0.4 is 11.1 Å². The molecule has 3 aromatic rings. The van der Waals surface area contributed by atoms with Gasteiger partial charge in [0.15, 0.2) is 5.13 Å². The van der Waals surface area contributed by atoms with Gasteiger partial charge in [0, 0.05) is 31.2 Å². The molecular formula is C15H17N5OS. The Kier molecular flexibility index (Phi) is 4.34. The predicted molar refractivity (Wildman–Crippen MR) is 87.7 cm³/mol. The zero-order chi connectivity index (χ0) is 15.4. The third-order valence-corrected chi connectivity index (χ3v) is 4.02. The third kappa shape index (κ3) is 3.62. The number of aromatic nitrogens is 3. The summed E-state index contributed by atoms with van der Waals surface area (Å²) in [6, 6.07) is 7.84. The van der Waals surface area contributed by atoms with Gasteiger partial charge in [-0.2, -0.15) is 0 Å². The predicted octanol–water partition coefficient (Wildman–Crippen LogP) is 1.89. The molecule has 6 nitrogen and oxygen atoms in total. The summed E-state index contributed by atoms with van der Waals surface area (Å²) in [7, 11) is 0. The summed E-state index contributed by atoms with van der Waals surface area (Å²) in [6.07, 6.45) is 1.72. The fourth-order valence-electron chi connectivity index (χ4n) is 2.21. The molecule has 0 aliphatic rings. The highest BCUT2D eigenvalue weighted by Gasteiger charge is 2.06. The van der Waals surface area contributed by atoms with Gasteiger partial charge >= 0.3 is 0 Å². The summed E-state index contributed by atoms with van der Waals surface area (Å²) in [5.41, 5.74) is 8.41. The van der Waals surface area contributed by atoms with E-state index < -0.39 is 0 Å². The van der Waals surface area contributed by atoms with Crippen LogP contribution in [0, 0.1) is 0 Å². The van der Waals surface area contributed by atoms with E-state index in [9.17, 15) is 4.79 Å². The van der Waals surface area contributed by atoms with Gasteiger partial charge in [0.05, 0.1) is 16.7 Å². The maximum Gasteiger partial charge on any atom is 0.220 e. The van der Waals surface area contributed by atoms with Crippen molar-refractivity contribution in [3.63, 3.8) is 0 Å². The molecule has 0 unspecified atom stereocenters. The number of imidazole rings is 1. The molecule has 22 heavy (non-hydrogen) atoms. The molecule has 0 atom stereocenters. The number of anilines is 1. The molecule has 1 aromatic carbocycles. The molecule has 0 spiro atoms. The molecule has 7 heteroatoms. The molecule has 3 rings (SSSR count). The number of benzene rings is 1. The number of nitrogen functional groups attached to an aromatic ring is 1. The molecule has 0 radical (unpaired) electrons. The van der Waals surface area contributed by atoms with Crippen LogP contribution in [0.5, 0.6) is 0 Å². The monoisotopic (exact) mass is 315 g/mol. The van der Waals surface area contributed by atoms with Crippen molar-refractivity contribution in [2.24, 2.45) is 0 Å². The summed E-state index contributed by atoms with van der Waals surface area (Å²) < 4.78 is 0. The van der Waals surface area contributed by atoms with Crippen LogP contribution in [0.25, 0.3) is 11.0 Å². The van der Waals surface area contributed by atoms with Crippen LogP contribution in [-0.4, -0.2) is 27.4 Å². The molecule has 4 N–H and O–H groups in total. The van der Waals surface area contributed by atoms with Crippen molar-refractivity contribution < 1.29 is 4.79 Å². The van der Waals surface area contributed by atoms with Crippen molar-refractivity contribution in [2.45, 2.75) is 19.3 Å². The molecular weight excluding hydrogens is 298 g/mol. The van der Waals surface area contributed by atoms with E-state index in [0.717, 1.165) is 22.6 Å². The topological polar surface area (TPSA) is 96.7 Å². The maximum atomic E-state index is 11.8. The van der Waals surface area contributed by atoms with Gasteiger partial charge in [-0.05, 0) is 12.1 Å². The molecule has 0 bridgehead atoms. The first-order valence-corrected chi connectivity index (χ1v) is 7.99. The summed E-state index contributed by atoms with van der Waals surface area (Å²) in [6.45, 7) is 0.572. The molecule has 0 fully saturated rings. The Balaban J connectivity index is 1.43. The minimum Gasteiger partial charge on any atom is -0.375 e. The van der Waals surface area contributed by atoms with E-state index in [4.69, 9.17) is 5.73 Å². The van der Waals surface area contributed by atoms with E-state index in [0.29, 0.717) is 30.9 Å². The lowest BCUT2D eigenvalue weighted by atomic mass is 10.2. The molecule has 114 valence electrons. The second-order valence-electron chi connectivity index (χ2n) is 4.98. The summed E-state index contributed by atoms with van der Waals surface area (Å²) in [5, 5.41) is 5.36. The lowest BCUT2D eigenvalue weighted by molar-refractivity contribution is -0.121. The van der Waals surface area contributed by atoms with Crippen molar-refractivity contribution >= 4 is 33.4 Å². The number of H-pyrrole nitrogens is 1. The lowest BCUT2D eigenvalue weighted by Crippen LogP contribution is -2.26. The molecule has 2 aromatic heterocycles. The molecule has 0 saturated carbocycles. The van der Waals surface area contributed by atoms with Gasteiger partial charge in [0.25, 0.3) is 0 Å². The SMILES string of the molecule is Nc1nc(CCNC(=O)CCc2nc3ccccc3[nH]2)cs1. The van der Waals surface area contributed by atoms with Gasteiger partial charge in [0.2, 0.25) is 5.91 Å². The smallest absolute Gasteiger partial charge is 0.220 e. The van der Waals surface area contributed by atoms with E-state index >= 15 is 0 Å². The number of hydrogen-bond acceptors (Lipinski definition) is 5. The van der Waals surface area contributed by atoms with Gasteiger partial charge in [-0.15, -0.1) is 11.3 Å². The van der Waals surface area contributed by atoms with E-state index in [1.807, 2.05) is 29.6 Å². The van der Waals surface area contributed by atoms with E-state index in [1.54, 1.807) is 0 Å². The number of nitrogens with one attached hydrogen (secondary N) is 2. The van der Waals surface area contributed by atoms with Crippen LogP contribution in [0.1, 0.15) is 17.9 Å². The average Bonchev–Trinajstić information content (AvgIpc) is 3.11. The maximum absolute atomic E-state index is 11.8. The summed E-state index contributed by atoms with van der Waals surface area (Å²) >= 11 is 1.41. The number of aryl methyl sites for hydroxylation is 1. The van der Waals surface area contributed by atoms with Crippen molar-refractivity contribution in [1.29, 1.82) is 0 Å². The van der Waals surface area contributed by atoms with Gasteiger partial charge in [-0.25, -0.2) is 9.97 Å². The number of rotatable bonds is 6. The Morgan fingerprint density at radius 1 is 1.27 bits per heavy atom. The Bertz CT molecular complexity index is 746. The fraction of sp³-hybridized carbons (Fsp3) is 0.267. The quantitative estimate of drug-likeness (QED) is 0.647. The van der Waals surface area contributed by atoms with E-state index in [2.05, 4.69) is 20.3 Å². The fourth-order valence-corrected chi connectivity index (χ4v) is 2.81. The average molecular weight is 315 g/mol. The number of aromatic amines is 1. The van der Waals surface area contributed by atoms with Crippen LogP contribution in [0.2, 0.25) is 0 Å². The minimum absolute atomic E-state index is 0.0173. The highest BCUT2D eigenvalue weighted by molar-refractivity contribution is 7.13. The van der Waals surface area contributed by atoms with Crippen LogP contribution in [0.3, 0.4) is 0 Å².